The molecule has 1 unspecified atom stereocenters. The predicted octanol–water partition coefficient (Wildman–Crippen LogP) is 8.32. The van der Waals surface area contributed by atoms with Crippen LogP contribution in [0.15, 0.2) is 24.3 Å². The van der Waals surface area contributed by atoms with Crippen molar-refractivity contribution in [3.8, 4) is 5.75 Å². The van der Waals surface area contributed by atoms with E-state index < -0.39 is 14.1 Å². The first-order chi connectivity index (χ1) is 15.4. The number of ether oxygens (including phenoxy) is 1. The summed E-state index contributed by atoms with van der Waals surface area (Å²) in [6.07, 6.45) is 21.5. The summed E-state index contributed by atoms with van der Waals surface area (Å²) in [5.74, 6) is 0.634. The first kappa shape index (κ1) is 29.2. The molecule has 0 amide bonds. The summed E-state index contributed by atoms with van der Waals surface area (Å²) in [5.41, 5.74) is 1.05. The smallest absolute Gasteiger partial charge is 0.464 e. The average Bonchev–Trinajstić information content (AvgIpc) is 2.73. The first-order valence-corrected chi connectivity index (χ1v) is 14.4. The molecule has 1 aromatic rings. The lowest BCUT2D eigenvalue weighted by atomic mass is 10.0. The van der Waals surface area contributed by atoms with E-state index in [9.17, 15) is 4.57 Å². The molecule has 5 nitrogen and oxygen atoms in total. The molecule has 1 aromatic carbocycles. The topological polar surface area (TPSA) is 76.0 Å². The van der Waals surface area contributed by atoms with Crippen LogP contribution in [0.2, 0.25) is 0 Å². The third-order valence-electron chi connectivity index (χ3n) is 5.85. The van der Waals surface area contributed by atoms with E-state index in [1.807, 2.05) is 24.3 Å². The molecule has 0 heterocycles. The lowest BCUT2D eigenvalue weighted by Gasteiger charge is -2.18. The van der Waals surface area contributed by atoms with Gasteiger partial charge in [-0.1, -0.05) is 121 Å². The summed E-state index contributed by atoms with van der Waals surface area (Å²) in [5, 5.41) is 0. The van der Waals surface area contributed by atoms with Crippen LogP contribution in [0.25, 0.3) is 0 Å². The Bertz CT molecular complexity index is 616. The van der Waals surface area contributed by atoms with E-state index in [1.54, 1.807) is 0 Å². The molecule has 32 heavy (non-hydrogen) atoms. The van der Waals surface area contributed by atoms with Crippen LogP contribution in [0.4, 0.5) is 0 Å². The van der Waals surface area contributed by atoms with Crippen LogP contribution in [-0.4, -0.2) is 16.1 Å². The SMILES string of the molecule is CCCCCCCCCCCCCCCCCCc1ccccc1OC(C)OP(=O)(O)O. The van der Waals surface area contributed by atoms with Gasteiger partial charge in [-0.15, -0.1) is 0 Å². The van der Waals surface area contributed by atoms with Gasteiger partial charge in [0.15, 0.2) is 0 Å². The quantitative estimate of drug-likeness (QED) is 0.107. The van der Waals surface area contributed by atoms with E-state index in [1.165, 1.54) is 103 Å². The Morgan fingerprint density at radius 3 is 1.66 bits per heavy atom. The lowest BCUT2D eigenvalue weighted by molar-refractivity contribution is -0.00148. The van der Waals surface area contributed by atoms with Crippen molar-refractivity contribution in [1.82, 2.24) is 0 Å². The molecule has 0 saturated carbocycles. The number of phosphoric acid groups is 1. The van der Waals surface area contributed by atoms with Crippen LogP contribution in [0, 0.1) is 0 Å². The van der Waals surface area contributed by atoms with Crippen LogP contribution in [0.1, 0.15) is 122 Å². The molecule has 186 valence electrons. The zero-order valence-electron chi connectivity index (χ0n) is 20.5. The van der Waals surface area contributed by atoms with E-state index in [-0.39, 0.29) is 0 Å². The van der Waals surface area contributed by atoms with Gasteiger partial charge >= 0.3 is 7.82 Å². The van der Waals surface area contributed by atoms with E-state index in [2.05, 4.69) is 11.4 Å². The Balaban J connectivity index is 2.01. The Morgan fingerprint density at radius 2 is 1.19 bits per heavy atom. The van der Waals surface area contributed by atoms with Gasteiger partial charge in [-0.3, -0.25) is 0 Å². The summed E-state index contributed by atoms with van der Waals surface area (Å²) < 4.78 is 21.1. The van der Waals surface area contributed by atoms with Gasteiger partial charge in [0.2, 0.25) is 6.29 Å². The van der Waals surface area contributed by atoms with Gasteiger partial charge in [-0.25, -0.2) is 9.09 Å². The van der Waals surface area contributed by atoms with E-state index >= 15 is 0 Å². The van der Waals surface area contributed by atoms with Crippen molar-refractivity contribution in [2.24, 2.45) is 0 Å². The van der Waals surface area contributed by atoms with Gasteiger partial charge in [0, 0.05) is 0 Å². The molecule has 0 aliphatic carbocycles. The zero-order chi connectivity index (χ0) is 23.5. The van der Waals surface area contributed by atoms with Crippen LogP contribution < -0.4 is 4.74 Å². The number of hydrogen-bond acceptors (Lipinski definition) is 3. The van der Waals surface area contributed by atoms with Crippen LogP contribution in [0.3, 0.4) is 0 Å². The molecule has 1 rings (SSSR count). The summed E-state index contributed by atoms with van der Waals surface area (Å²) in [6, 6.07) is 7.64. The van der Waals surface area contributed by atoms with Gasteiger partial charge in [0.05, 0.1) is 0 Å². The summed E-state index contributed by atoms with van der Waals surface area (Å²) >= 11 is 0. The normalized spacial score (nSPS) is 12.8. The van der Waals surface area contributed by atoms with Gasteiger partial charge in [0.1, 0.15) is 5.75 Å². The molecule has 0 aromatic heterocycles. The molecule has 6 heteroatoms. The highest BCUT2D eigenvalue weighted by atomic mass is 31.2. The maximum Gasteiger partial charge on any atom is 0.472 e. The van der Waals surface area contributed by atoms with Crippen molar-refractivity contribution in [2.75, 3.05) is 0 Å². The molecule has 0 aliphatic heterocycles. The standard InChI is InChI=1S/C26H47O5P/c1-3-4-5-6-7-8-9-10-11-12-13-14-15-16-17-18-21-25-22-19-20-23-26(25)30-24(2)31-32(27,28)29/h19-20,22-24H,3-18,21H2,1-2H3,(H2,27,28,29). The molecule has 0 saturated heterocycles. The fourth-order valence-electron chi connectivity index (χ4n) is 4.08. The molecule has 2 N–H and O–H groups in total. The second-order valence-electron chi connectivity index (χ2n) is 8.94. The molecular weight excluding hydrogens is 423 g/mol. The number of unbranched alkanes of at least 4 members (excludes halogenated alkanes) is 15. The van der Waals surface area contributed by atoms with Gasteiger partial charge in [0.25, 0.3) is 0 Å². The van der Waals surface area contributed by atoms with Crippen molar-refractivity contribution in [2.45, 2.75) is 129 Å². The Morgan fingerprint density at radius 1 is 0.750 bits per heavy atom. The molecule has 0 aliphatic rings. The molecule has 0 fully saturated rings. The van der Waals surface area contributed by atoms with Crippen LogP contribution >= 0.6 is 7.82 Å². The van der Waals surface area contributed by atoms with E-state index in [0.717, 1.165) is 18.4 Å². The minimum atomic E-state index is -4.55. The van der Waals surface area contributed by atoms with E-state index in [4.69, 9.17) is 14.5 Å². The lowest BCUT2D eigenvalue weighted by Crippen LogP contribution is -2.15. The second kappa shape index (κ2) is 18.5. The second-order valence-corrected chi connectivity index (χ2v) is 10.1. The summed E-state index contributed by atoms with van der Waals surface area (Å²) in [4.78, 5) is 17.8. The molecule has 0 spiro atoms. The van der Waals surface area contributed by atoms with Crippen molar-refractivity contribution in [3.05, 3.63) is 29.8 Å². The number of hydrogen-bond donors (Lipinski definition) is 2. The van der Waals surface area contributed by atoms with Gasteiger partial charge < -0.3 is 14.5 Å². The minimum Gasteiger partial charge on any atom is -0.464 e. The molecular formula is C26H47O5P. The average molecular weight is 471 g/mol. The van der Waals surface area contributed by atoms with E-state index in [0.29, 0.717) is 5.75 Å². The summed E-state index contributed by atoms with van der Waals surface area (Å²) in [6.45, 7) is 3.76. The number of phosphoric ester groups is 1. The van der Waals surface area contributed by atoms with Gasteiger partial charge in [-0.05, 0) is 31.4 Å². The number of benzene rings is 1. The minimum absolute atomic E-state index is 0.634. The van der Waals surface area contributed by atoms with Crippen LogP contribution in [-0.2, 0) is 15.5 Å². The largest absolute Gasteiger partial charge is 0.472 e. The Hall–Kier alpha value is -0.870. The van der Waals surface area contributed by atoms with Gasteiger partial charge in [-0.2, -0.15) is 0 Å². The number of para-hydroxylation sites is 1. The molecule has 1 atom stereocenters. The van der Waals surface area contributed by atoms with Crippen molar-refractivity contribution in [1.29, 1.82) is 0 Å². The Labute approximate surface area is 196 Å². The maximum absolute atomic E-state index is 10.9. The predicted molar refractivity (Wildman–Crippen MR) is 133 cm³/mol. The third kappa shape index (κ3) is 16.7. The van der Waals surface area contributed by atoms with Crippen molar-refractivity contribution in [3.63, 3.8) is 0 Å². The molecule has 0 radical (unpaired) electrons. The van der Waals surface area contributed by atoms with Crippen molar-refractivity contribution < 1.29 is 23.6 Å². The molecule has 0 bridgehead atoms. The van der Waals surface area contributed by atoms with Crippen molar-refractivity contribution >= 4 is 7.82 Å². The monoisotopic (exact) mass is 470 g/mol. The number of rotatable bonds is 21. The highest BCUT2D eigenvalue weighted by Crippen LogP contribution is 2.38. The zero-order valence-corrected chi connectivity index (χ0v) is 21.4. The summed E-state index contributed by atoms with van der Waals surface area (Å²) in [7, 11) is -4.55. The fraction of sp³-hybridized carbons (Fsp3) is 0.769. The number of aryl methyl sites for hydroxylation is 1. The highest BCUT2D eigenvalue weighted by Gasteiger charge is 2.20. The maximum atomic E-state index is 10.9. The third-order valence-corrected chi connectivity index (χ3v) is 6.42. The Kier molecular flexibility index (Phi) is 16.9. The first-order valence-electron chi connectivity index (χ1n) is 12.9. The van der Waals surface area contributed by atoms with Crippen LogP contribution in [0.5, 0.6) is 5.75 Å². The highest BCUT2D eigenvalue weighted by molar-refractivity contribution is 7.46. The fourth-order valence-corrected chi connectivity index (χ4v) is 4.51.